The smallest absolute Gasteiger partial charge is 0.237 e. The molecule has 1 heterocycles. The molecule has 1 aliphatic heterocycles. The standard InChI is InChI=1S/C12H22N2O2/c1-4-6-13-12(16)10(3)14-7-5-9(2)11(14)8-15/h4,9-11,15H,1,5-8H2,2-3H3,(H,13,16). The van der Waals surface area contributed by atoms with E-state index in [1.165, 1.54) is 0 Å². The average molecular weight is 226 g/mol. The zero-order valence-corrected chi connectivity index (χ0v) is 10.1. The quantitative estimate of drug-likeness (QED) is 0.666. The predicted molar refractivity (Wildman–Crippen MR) is 64.0 cm³/mol. The number of amides is 1. The molecule has 3 atom stereocenters. The largest absolute Gasteiger partial charge is 0.395 e. The maximum Gasteiger partial charge on any atom is 0.237 e. The highest BCUT2D eigenvalue weighted by Gasteiger charge is 2.35. The molecule has 0 aliphatic carbocycles. The van der Waals surface area contributed by atoms with E-state index in [1.807, 2.05) is 6.92 Å². The van der Waals surface area contributed by atoms with Gasteiger partial charge in [0, 0.05) is 12.6 Å². The van der Waals surface area contributed by atoms with E-state index in [-0.39, 0.29) is 24.6 Å². The van der Waals surface area contributed by atoms with Crippen LogP contribution in [0.2, 0.25) is 0 Å². The summed E-state index contributed by atoms with van der Waals surface area (Å²) in [5.41, 5.74) is 0. The fraction of sp³-hybridized carbons (Fsp3) is 0.750. The van der Waals surface area contributed by atoms with E-state index in [1.54, 1.807) is 6.08 Å². The number of nitrogens with one attached hydrogen (secondary N) is 1. The number of rotatable bonds is 5. The van der Waals surface area contributed by atoms with Gasteiger partial charge in [0.05, 0.1) is 12.6 Å². The number of hydrogen-bond donors (Lipinski definition) is 2. The van der Waals surface area contributed by atoms with Crippen molar-refractivity contribution >= 4 is 5.91 Å². The molecular formula is C12H22N2O2. The second kappa shape index (κ2) is 6.01. The van der Waals surface area contributed by atoms with Gasteiger partial charge in [0.2, 0.25) is 5.91 Å². The lowest BCUT2D eigenvalue weighted by molar-refractivity contribution is -0.126. The number of nitrogens with zero attached hydrogens (tertiary/aromatic N) is 1. The first-order valence-corrected chi connectivity index (χ1v) is 5.87. The molecule has 0 aromatic heterocycles. The van der Waals surface area contributed by atoms with Gasteiger partial charge >= 0.3 is 0 Å². The molecule has 0 radical (unpaired) electrons. The molecular weight excluding hydrogens is 204 g/mol. The molecule has 16 heavy (non-hydrogen) atoms. The Morgan fingerprint density at radius 3 is 3.00 bits per heavy atom. The fourth-order valence-corrected chi connectivity index (χ4v) is 2.27. The highest BCUT2D eigenvalue weighted by atomic mass is 16.3. The maximum absolute atomic E-state index is 11.8. The topological polar surface area (TPSA) is 52.6 Å². The van der Waals surface area contributed by atoms with Crippen molar-refractivity contribution in [3.63, 3.8) is 0 Å². The van der Waals surface area contributed by atoms with Gasteiger partial charge in [-0.3, -0.25) is 9.69 Å². The third-order valence-corrected chi connectivity index (χ3v) is 3.41. The van der Waals surface area contributed by atoms with E-state index in [0.29, 0.717) is 12.5 Å². The predicted octanol–water partition coefficient (Wildman–Crippen LogP) is 0.380. The first-order valence-electron chi connectivity index (χ1n) is 5.87. The number of aliphatic hydroxyl groups excluding tert-OH is 1. The molecule has 0 aromatic rings. The van der Waals surface area contributed by atoms with E-state index < -0.39 is 0 Å². The summed E-state index contributed by atoms with van der Waals surface area (Å²) in [4.78, 5) is 13.9. The maximum atomic E-state index is 11.8. The van der Waals surface area contributed by atoms with Crippen molar-refractivity contribution in [1.29, 1.82) is 0 Å². The molecule has 3 unspecified atom stereocenters. The van der Waals surface area contributed by atoms with E-state index >= 15 is 0 Å². The number of carbonyl (C=O) groups is 1. The van der Waals surface area contributed by atoms with Crippen LogP contribution in [0.3, 0.4) is 0 Å². The van der Waals surface area contributed by atoms with Crippen LogP contribution in [0, 0.1) is 5.92 Å². The van der Waals surface area contributed by atoms with Gasteiger partial charge in [-0.2, -0.15) is 0 Å². The van der Waals surface area contributed by atoms with E-state index in [9.17, 15) is 9.90 Å². The molecule has 0 saturated carbocycles. The molecule has 1 rings (SSSR count). The summed E-state index contributed by atoms with van der Waals surface area (Å²) in [7, 11) is 0. The van der Waals surface area contributed by atoms with Gasteiger partial charge < -0.3 is 10.4 Å². The van der Waals surface area contributed by atoms with Crippen molar-refractivity contribution in [2.24, 2.45) is 5.92 Å². The van der Waals surface area contributed by atoms with Crippen molar-refractivity contribution in [3.8, 4) is 0 Å². The Balaban J connectivity index is 2.55. The number of hydrogen-bond acceptors (Lipinski definition) is 3. The molecule has 92 valence electrons. The average Bonchev–Trinajstić information content (AvgIpc) is 2.66. The van der Waals surface area contributed by atoms with Gasteiger partial charge in [0.25, 0.3) is 0 Å². The summed E-state index contributed by atoms with van der Waals surface area (Å²) in [6, 6.07) is -0.0634. The van der Waals surface area contributed by atoms with E-state index in [2.05, 4.69) is 23.7 Å². The number of likely N-dealkylation sites (tertiary alicyclic amines) is 1. The van der Waals surface area contributed by atoms with Crippen LogP contribution in [0.15, 0.2) is 12.7 Å². The molecule has 1 fully saturated rings. The normalized spacial score (nSPS) is 27.7. The summed E-state index contributed by atoms with van der Waals surface area (Å²) in [5.74, 6) is 0.465. The van der Waals surface area contributed by atoms with Gasteiger partial charge in [-0.15, -0.1) is 6.58 Å². The number of carbonyl (C=O) groups excluding carboxylic acids is 1. The van der Waals surface area contributed by atoms with Crippen LogP contribution in [0.1, 0.15) is 20.3 Å². The highest BCUT2D eigenvalue weighted by molar-refractivity contribution is 5.81. The van der Waals surface area contributed by atoms with Crippen molar-refractivity contribution < 1.29 is 9.90 Å². The lowest BCUT2D eigenvalue weighted by atomic mass is 10.0. The van der Waals surface area contributed by atoms with Crippen LogP contribution in [-0.2, 0) is 4.79 Å². The monoisotopic (exact) mass is 226 g/mol. The first-order chi connectivity index (χ1) is 7.61. The SMILES string of the molecule is C=CCNC(=O)C(C)N1CCC(C)C1CO. The Morgan fingerprint density at radius 2 is 2.44 bits per heavy atom. The molecule has 2 N–H and O–H groups in total. The van der Waals surface area contributed by atoms with Crippen molar-refractivity contribution in [3.05, 3.63) is 12.7 Å². The lowest BCUT2D eigenvalue weighted by Gasteiger charge is -2.30. The number of aliphatic hydroxyl groups is 1. The molecule has 1 amide bonds. The Morgan fingerprint density at radius 1 is 1.75 bits per heavy atom. The lowest BCUT2D eigenvalue weighted by Crippen LogP contribution is -2.49. The Bertz CT molecular complexity index is 255. The summed E-state index contributed by atoms with van der Waals surface area (Å²) in [6.07, 6.45) is 2.71. The third kappa shape index (κ3) is 2.83. The zero-order chi connectivity index (χ0) is 12.1. The summed E-state index contributed by atoms with van der Waals surface area (Å²) < 4.78 is 0. The van der Waals surface area contributed by atoms with Crippen LogP contribution in [0.4, 0.5) is 0 Å². The minimum absolute atomic E-state index is 0.00690. The van der Waals surface area contributed by atoms with Gasteiger partial charge in [-0.05, 0) is 25.8 Å². The van der Waals surface area contributed by atoms with Gasteiger partial charge in [0.15, 0.2) is 0 Å². The Kier molecular flexibility index (Phi) is 4.96. The summed E-state index contributed by atoms with van der Waals surface area (Å²) in [5, 5.41) is 12.1. The van der Waals surface area contributed by atoms with Gasteiger partial charge in [-0.25, -0.2) is 0 Å². The van der Waals surface area contributed by atoms with Crippen molar-refractivity contribution in [2.45, 2.75) is 32.4 Å². The Hall–Kier alpha value is -0.870. The molecule has 1 aliphatic rings. The van der Waals surface area contributed by atoms with Gasteiger partial charge in [-0.1, -0.05) is 13.0 Å². The highest BCUT2D eigenvalue weighted by Crippen LogP contribution is 2.25. The second-order valence-corrected chi connectivity index (χ2v) is 4.46. The Labute approximate surface area is 97.3 Å². The minimum Gasteiger partial charge on any atom is -0.395 e. The third-order valence-electron chi connectivity index (χ3n) is 3.41. The molecule has 4 heteroatoms. The first kappa shape index (κ1) is 13.2. The van der Waals surface area contributed by atoms with E-state index in [0.717, 1.165) is 13.0 Å². The molecule has 0 aromatic carbocycles. The van der Waals surface area contributed by atoms with Crippen LogP contribution in [0.25, 0.3) is 0 Å². The zero-order valence-electron chi connectivity index (χ0n) is 10.1. The van der Waals surface area contributed by atoms with Crippen LogP contribution >= 0.6 is 0 Å². The van der Waals surface area contributed by atoms with E-state index in [4.69, 9.17) is 0 Å². The summed E-state index contributed by atoms with van der Waals surface area (Å²) >= 11 is 0. The molecule has 0 spiro atoms. The second-order valence-electron chi connectivity index (χ2n) is 4.46. The van der Waals surface area contributed by atoms with Gasteiger partial charge in [0.1, 0.15) is 0 Å². The summed E-state index contributed by atoms with van der Waals surface area (Å²) in [6.45, 7) is 9.08. The minimum atomic E-state index is -0.179. The van der Waals surface area contributed by atoms with Crippen molar-refractivity contribution in [1.82, 2.24) is 10.2 Å². The van der Waals surface area contributed by atoms with Crippen LogP contribution in [-0.4, -0.2) is 47.7 Å². The molecule has 1 saturated heterocycles. The van der Waals surface area contributed by atoms with Crippen LogP contribution < -0.4 is 5.32 Å². The molecule has 0 bridgehead atoms. The van der Waals surface area contributed by atoms with Crippen molar-refractivity contribution in [2.75, 3.05) is 19.7 Å². The fourth-order valence-electron chi connectivity index (χ4n) is 2.27. The molecule has 4 nitrogen and oxygen atoms in total. The van der Waals surface area contributed by atoms with Crippen LogP contribution in [0.5, 0.6) is 0 Å².